The van der Waals surface area contributed by atoms with Gasteiger partial charge in [-0.3, -0.25) is 0 Å². The molecule has 0 spiro atoms. The van der Waals surface area contributed by atoms with Crippen LogP contribution in [0.3, 0.4) is 0 Å². The molecule has 0 saturated heterocycles. The second kappa shape index (κ2) is 5.10. The Morgan fingerprint density at radius 2 is 1.89 bits per heavy atom. The zero-order chi connectivity index (χ0) is 13.1. The second-order valence-corrected chi connectivity index (χ2v) is 4.42. The summed E-state index contributed by atoms with van der Waals surface area (Å²) in [5.74, 6) is -0.417. The van der Waals surface area contributed by atoms with E-state index in [1.165, 1.54) is 6.07 Å². The topological polar surface area (TPSA) is 72.6 Å². The third-order valence-electron chi connectivity index (χ3n) is 2.32. The number of carboxylic acids is 1. The molecule has 0 atom stereocenters. The molecule has 2 aromatic carbocycles. The van der Waals surface area contributed by atoms with Crippen molar-refractivity contribution < 1.29 is 14.6 Å². The SMILES string of the molecule is Nc1cccc(C(=O)O)c1Oc1ccccc1Br. The van der Waals surface area contributed by atoms with Gasteiger partial charge in [0.25, 0.3) is 0 Å². The summed E-state index contributed by atoms with van der Waals surface area (Å²) in [5.41, 5.74) is 6.07. The van der Waals surface area contributed by atoms with E-state index >= 15 is 0 Å². The Balaban J connectivity index is 2.46. The Kier molecular flexibility index (Phi) is 3.53. The van der Waals surface area contributed by atoms with Crippen molar-refractivity contribution in [1.29, 1.82) is 0 Å². The number of hydrogen-bond donors (Lipinski definition) is 2. The lowest BCUT2D eigenvalue weighted by atomic mass is 10.1. The highest BCUT2D eigenvalue weighted by atomic mass is 79.9. The van der Waals surface area contributed by atoms with Crippen molar-refractivity contribution in [2.24, 2.45) is 0 Å². The van der Waals surface area contributed by atoms with Crippen molar-refractivity contribution >= 4 is 27.6 Å². The van der Waals surface area contributed by atoms with Gasteiger partial charge in [-0.1, -0.05) is 18.2 Å². The number of nitrogens with two attached hydrogens (primary N) is 1. The van der Waals surface area contributed by atoms with Crippen LogP contribution >= 0.6 is 15.9 Å². The number of aromatic carboxylic acids is 1. The molecule has 0 bridgehead atoms. The van der Waals surface area contributed by atoms with E-state index in [0.717, 1.165) is 4.47 Å². The lowest BCUT2D eigenvalue weighted by molar-refractivity contribution is 0.0694. The number of rotatable bonds is 3. The van der Waals surface area contributed by atoms with Crippen LogP contribution in [0.1, 0.15) is 10.4 Å². The van der Waals surface area contributed by atoms with E-state index in [9.17, 15) is 4.79 Å². The van der Waals surface area contributed by atoms with Crippen molar-refractivity contribution in [3.05, 3.63) is 52.5 Å². The normalized spacial score (nSPS) is 10.1. The largest absolute Gasteiger partial charge is 0.478 e. The van der Waals surface area contributed by atoms with Gasteiger partial charge in [0.1, 0.15) is 11.3 Å². The Morgan fingerprint density at radius 3 is 2.56 bits per heavy atom. The summed E-state index contributed by atoms with van der Waals surface area (Å²) >= 11 is 3.33. The molecule has 2 rings (SSSR count). The van der Waals surface area contributed by atoms with Crippen molar-refractivity contribution in [1.82, 2.24) is 0 Å². The lowest BCUT2D eigenvalue weighted by Gasteiger charge is -2.12. The van der Waals surface area contributed by atoms with Gasteiger partial charge in [-0.25, -0.2) is 4.79 Å². The average Bonchev–Trinajstić information content (AvgIpc) is 2.34. The number of anilines is 1. The number of benzene rings is 2. The van der Waals surface area contributed by atoms with E-state index in [1.54, 1.807) is 30.3 Å². The molecule has 0 heterocycles. The number of ether oxygens (including phenoxy) is 1. The van der Waals surface area contributed by atoms with E-state index in [1.807, 2.05) is 6.07 Å². The fraction of sp³-hybridized carbons (Fsp3) is 0. The van der Waals surface area contributed by atoms with E-state index in [4.69, 9.17) is 15.6 Å². The van der Waals surface area contributed by atoms with E-state index < -0.39 is 5.97 Å². The monoisotopic (exact) mass is 307 g/mol. The number of para-hydroxylation sites is 2. The minimum atomic E-state index is -1.08. The van der Waals surface area contributed by atoms with Crippen LogP contribution in [0, 0.1) is 0 Å². The van der Waals surface area contributed by atoms with Crippen LogP contribution in [0.5, 0.6) is 11.5 Å². The Morgan fingerprint density at radius 1 is 1.17 bits per heavy atom. The number of nitrogen functional groups attached to an aromatic ring is 1. The number of halogens is 1. The van der Waals surface area contributed by atoms with Crippen LogP contribution in [0.15, 0.2) is 46.9 Å². The molecule has 0 radical (unpaired) electrons. The number of carbonyl (C=O) groups is 1. The first kappa shape index (κ1) is 12.4. The predicted octanol–water partition coefficient (Wildman–Crippen LogP) is 3.52. The van der Waals surface area contributed by atoms with Crippen LogP contribution in [0.25, 0.3) is 0 Å². The lowest BCUT2D eigenvalue weighted by Crippen LogP contribution is -2.03. The molecule has 18 heavy (non-hydrogen) atoms. The minimum absolute atomic E-state index is 0.0331. The van der Waals surface area contributed by atoms with E-state index in [2.05, 4.69) is 15.9 Å². The summed E-state index contributed by atoms with van der Waals surface area (Å²) in [7, 11) is 0. The second-order valence-electron chi connectivity index (χ2n) is 3.56. The highest BCUT2D eigenvalue weighted by molar-refractivity contribution is 9.10. The first-order chi connectivity index (χ1) is 8.59. The average molecular weight is 308 g/mol. The molecule has 0 fully saturated rings. The first-order valence-corrected chi connectivity index (χ1v) is 5.93. The Labute approximate surface area is 112 Å². The molecule has 4 nitrogen and oxygen atoms in total. The Bertz CT molecular complexity index is 599. The van der Waals surface area contributed by atoms with Crippen LogP contribution in [-0.2, 0) is 0 Å². The van der Waals surface area contributed by atoms with Crippen molar-refractivity contribution in [3.63, 3.8) is 0 Å². The van der Waals surface area contributed by atoms with Gasteiger partial charge in [-0.15, -0.1) is 0 Å². The first-order valence-electron chi connectivity index (χ1n) is 5.14. The minimum Gasteiger partial charge on any atom is -0.478 e. The third-order valence-corrected chi connectivity index (χ3v) is 2.98. The molecule has 0 amide bonds. The maximum absolute atomic E-state index is 11.1. The number of carboxylic acid groups (broad SMARTS) is 1. The van der Waals surface area contributed by atoms with Crippen molar-refractivity contribution in [2.75, 3.05) is 5.73 Å². The molecule has 92 valence electrons. The highest BCUT2D eigenvalue weighted by Gasteiger charge is 2.15. The third kappa shape index (κ3) is 2.46. The molecule has 0 saturated carbocycles. The van der Waals surface area contributed by atoms with E-state index in [0.29, 0.717) is 5.75 Å². The smallest absolute Gasteiger partial charge is 0.339 e. The van der Waals surface area contributed by atoms with Crippen LogP contribution in [-0.4, -0.2) is 11.1 Å². The van der Waals surface area contributed by atoms with Crippen molar-refractivity contribution in [3.8, 4) is 11.5 Å². The van der Waals surface area contributed by atoms with Gasteiger partial charge in [-0.05, 0) is 40.2 Å². The van der Waals surface area contributed by atoms with Gasteiger partial charge in [0, 0.05) is 0 Å². The molecule has 2 aromatic rings. The summed E-state index contributed by atoms with van der Waals surface area (Å²) in [5, 5.41) is 9.09. The van der Waals surface area contributed by atoms with Gasteiger partial charge in [0.15, 0.2) is 5.75 Å². The maximum atomic E-state index is 11.1. The van der Waals surface area contributed by atoms with E-state index in [-0.39, 0.29) is 17.0 Å². The predicted molar refractivity (Wildman–Crippen MR) is 72.0 cm³/mol. The van der Waals surface area contributed by atoms with Crippen molar-refractivity contribution in [2.45, 2.75) is 0 Å². The van der Waals surface area contributed by atoms with Gasteiger partial charge in [-0.2, -0.15) is 0 Å². The van der Waals surface area contributed by atoms with Crippen LogP contribution in [0.4, 0.5) is 5.69 Å². The number of hydrogen-bond acceptors (Lipinski definition) is 3. The molecule has 0 unspecified atom stereocenters. The summed E-state index contributed by atoms with van der Waals surface area (Å²) in [6.45, 7) is 0. The summed E-state index contributed by atoms with van der Waals surface area (Å²) in [4.78, 5) is 11.1. The van der Waals surface area contributed by atoms with Gasteiger partial charge >= 0.3 is 5.97 Å². The quantitative estimate of drug-likeness (QED) is 0.851. The fourth-order valence-corrected chi connectivity index (χ4v) is 1.84. The molecule has 0 aliphatic carbocycles. The fourth-order valence-electron chi connectivity index (χ4n) is 1.47. The summed E-state index contributed by atoms with van der Waals surface area (Å²) in [6, 6.07) is 11.8. The maximum Gasteiger partial charge on any atom is 0.339 e. The van der Waals surface area contributed by atoms with Gasteiger partial charge < -0.3 is 15.6 Å². The van der Waals surface area contributed by atoms with Crippen LogP contribution in [0.2, 0.25) is 0 Å². The van der Waals surface area contributed by atoms with Gasteiger partial charge in [0.2, 0.25) is 0 Å². The summed E-state index contributed by atoms with van der Waals surface area (Å²) in [6.07, 6.45) is 0. The van der Waals surface area contributed by atoms with Gasteiger partial charge in [0.05, 0.1) is 10.2 Å². The molecular formula is C13H10BrNO3. The molecule has 0 aliphatic heterocycles. The molecule has 3 N–H and O–H groups in total. The zero-order valence-corrected chi connectivity index (χ0v) is 10.8. The molecular weight excluding hydrogens is 298 g/mol. The molecule has 0 aliphatic rings. The highest BCUT2D eigenvalue weighted by Crippen LogP contribution is 2.34. The summed E-state index contributed by atoms with van der Waals surface area (Å²) < 4.78 is 6.31. The zero-order valence-electron chi connectivity index (χ0n) is 9.26. The molecule has 0 aromatic heterocycles. The molecule has 5 heteroatoms. The Hall–Kier alpha value is -2.01. The standard InChI is InChI=1S/C13H10BrNO3/c14-9-5-1-2-7-11(9)18-12-8(13(16)17)4-3-6-10(12)15/h1-7H,15H2,(H,16,17). The van der Waals surface area contributed by atoms with Crippen LogP contribution < -0.4 is 10.5 Å².